The zero-order valence-electron chi connectivity index (χ0n) is 8.29. The Hall–Kier alpha value is -1.59. The summed E-state index contributed by atoms with van der Waals surface area (Å²) in [6, 6.07) is 9.96. The van der Waals surface area contributed by atoms with Crippen LogP contribution in [0.5, 0.6) is 0 Å². The first-order valence-corrected chi connectivity index (χ1v) is 5.02. The Morgan fingerprint density at radius 3 is 3.00 bits per heavy atom. The van der Waals surface area contributed by atoms with Gasteiger partial charge in [0.15, 0.2) is 0 Å². The summed E-state index contributed by atoms with van der Waals surface area (Å²) in [5.41, 5.74) is 2.79. The van der Waals surface area contributed by atoms with Crippen molar-refractivity contribution in [1.82, 2.24) is 4.98 Å². The first-order chi connectivity index (χ1) is 7.22. The largest absolute Gasteiger partial charge is 0.235 e. The Bertz CT molecular complexity index is 555. The zero-order valence-corrected chi connectivity index (χ0v) is 9.04. The van der Waals surface area contributed by atoms with Crippen molar-refractivity contribution in [3.8, 4) is 6.07 Å². The van der Waals surface area contributed by atoms with Crippen molar-refractivity contribution in [3.05, 3.63) is 40.5 Å². The van der Waals surface area contributed by atoms with Crippen LogP contribution < -0.4 is 0 Å². The van der Waals surface area contributed by atoms with Crippen LogP contribution in [-0.2, 0) is 6.42 Å². The third-order valence-electron chi connectivity index (χ3n) is 2.34. The van der Waals surface area contributed by atoms with Gasteiger partial charge in [-0.3, -0.25) is 0 Å². The Balaban J connectivity index is 2.72. The number of rotatable bonds is 1. The number of fused-ring (bicyclic) bond motifs is 1. The van der Waals surface area contributed by atoms with Gasteiger partial charge >= 0.3 is 0 Å². The molecule has 2 aromatic rings. The molecule has 1 heterocycles. The SMILES string of the molecule is Cc1cccc2cc(CC#N)c(Cl)nc12. The quantitative estimate of drug-likeness (QED) is 0.686. The maximum atomic E-state index is 8.63. The van der Waals surface area contributed by atoms with E-state index in [9.17, 15) is 0 Å². The Labute approximate surface area is 93.1 Å². The Morgan fingerprint density at radius 1 is 1.47 bits per heavy atom. The van der Waals surface area contributed by atoms with E-state index < -0.39 is 0 Å². The Morgan fingerprint density at radius 2 is 2.27 bits per heavy atom. The van der Waals surface area contributed by atoms with Crippen LogP contribution in [0.2, 0.25) is 5.15 Å². The van der Waals surface area contributed by atoms with Gasteiger partial charge < -0.3 is 0 Å². The van der Waals surface area contributed by atoms with Crippen molar-refractivity contribution in [3.63, 3.8) is 0 Å². The minimum atomic E-state index is 0.301. The molecular formula is C12H9ClN2. The zero-order chi connectivity index (χ0) is 10.8. The summed E-state index contributed by atoms with van der Waals surface area (Å²) >= 11 is 5.99. The minimum absolute atomic E-state index is 0.301. The molecule has 2 rings (SSSR count). The van der Waals surface area contributed by atoms with Gasteiger partial charge in [-0.2, -0.15) is 5.26 Å². The fraction of sp³-hybridized carbons (Fsp3) is 0.167. The van der Waals surface area contributed by atoms with E-state index in [2.05, 4.69) is 11.1 Å². The molecule has 0 radical (unpaired) electrons. The first-order valence-electron chi connectivity index (χ1n) is 4.64. The van der Waals surface area contributed by atoms with Crippen LogP contribution in [0, 0.1) is 18.3 Å². The molecule has 0 spiro atoms. The third-order valence-corrected chi connectivity index (χ3v) is 2.67. The van der Waals surface area contributed by atoms with Gasteiger partial charge in [-0.05, 0) is 18.6 Å². The summed E-state index contributed by atoms with van der Waals surface area (Å²) in [6.07, 6.45) is 0.301. The monoisotopic (exact) mass is 216 g/mol. The van der Waals surface area contributed by atoms with E-state index in [4.69, 9.17) is 16.9 Å². The highest BCUT2D eigenvalue weighted by molar-refractivity contribution is 6.30. The van der Waals surface area contributed by atoms with Crippen LogP contribution >= 0.6 is 11.6 Å². The van der Waals surface area contributed by atoms with Gasteiger partial charge in [-0.1, -0.05) is 29.8 Å². The van der Waals surface area contributed by atoms with E-state index in [0.717, 1.165) is 22.0 Å². The van der Waals surface area contributed by atoms with Crippen LogP contribution in [-0.4, -0.2) is 4.98 Å². The van der Waals surface area contributed by atoms with Gasteiger partial charge in [0.2, 0.25) is 0 Å². The number of halogens is 1. The predicted octanol–water partition coefficient (Wildman–Crippen LogP) is 3.26. The van der Waals surface area contributed by atoms with Crippen LogP contribution in [0.3, 0.4) is 0 Å². The Kier molecular flexibility index (Phi) is 2.57. The predicted molar refractivity (Wildman–Crippen MR) is 60.8 cm³/mol. The van der Waals surface area contributed by atoms with Crippen molar-refractivity contribution in [2.24, 2.45) is 0 Å². The smallest absolute Gasteiger partial charge is 0.134 e. The molecular weight excluding hydrogens is 208 g/mol. The van der Waals surface area contributed by atoms with Crippen LogP contribution in [0.1, 0.15) is 11.1 Å². The molecule has 0 unspecified atom stereocenters. The molecule has 0 aliphatic carbocycles. The lowest BCUT2D eigenvalue weighted by Gasteiger charge is -2.04. The summed E-state index contributed by atoms with van der Waals surface area (Å²) < 4.78 is 0. The molecule has 0 saturated carbocycles. The third kappa shape index (κ3) is 1.79. The summed E-state index contributed by atoms with van der Waals surface area (Å²) in [7, 11) is 0. The molecule has 1 aromatic carbocycles. The molecule has 0 atom stereocenters. The van der Waals surface area contributed by atoms with E-state index in [1.54, 1.807) is 0 Å². The van der Waals surface area contributed by atoms with Crippen LogP contribution in [0.4, 0.5) is 0 Å². The van der Waals surface area contributed by atoms with Gasteiger partial charge in [0.25, 0.3) is 0 Å². The molecule has 0 aliphatic heterocycles. The molecule has 2 nitrogen and oxygen atoms in total. The van der Waals surface area contributed by atoms with E-state index >= 15 is 0 Å². The number of pyridine rings is 1. The summed E-state index contributed by atoms with van der Waals surface area (Å²) in [5.74, 6) is 0. The highest BCUT2D eigenvalue weighted by Gasteiger charge is 2.05. The van der Waals surface area contributed by atoms with Gasteiger partial charge in [-0.25, -0.2) is 4.98 Å². The number of hydrogen-bond acceptors (Lipinski definition) is 2. The van der Waals surface area contributed by atoms with Crippen molar-refractivity contribution < 1.29 is 0 Å². The maximum absolute atomic E-state index is 8.63. The van der Waals surface area contributed by atoms with Gasteiger partial charge in [-0.15, -0.1) is 0 Å². The molecule has 0 fully saturated rings. The number of nitriles is 1. The van der Waals surface area contributed by atoms with Crippen molar-refractivity contribution in [2.75, 3.05) is 0 Å². The topological polar surface area (TPSA) is 36.7 Å². The molecule has 74 valence electrons. The molecule has 1 aromatic heterocycles. The molecule has 0 bridgehead atoms. The molecule has 15 heavy (non-hydrogen) atoms. The number of aromatic nitrogens is 1. The van der Waals surface area contributed by atoms with Crippen molar-refractivity contribution >= 4 is 22.5 Å². The van der Waals surface area contributed by atoms with Crippen molar-refractivity contribution in [1.29, 1.82) is 5.26 Å². The van der Waals surface area contributed by atoms with E-state index in [1.165, 1.54) is 0 Å². The molecule has 0 amide bonds. The molecule has 3 heteroatoms. The fourth-order valence-electron chi connectivity index (χ4n) is 1.58. The van der Waals surface area contributed by atoms with Crippen LogP contribution in [0.15, 0.2) is 24.3 Å². The second kappa shape index (κ2) is 3.88. The molecule has 0 N–H and O–H groups in total. The lowest BCUT2D eigenvalue weighted by molar-refractivity contribution is 1.22. The average molecular weight is 217 g/mol. The number of aryl methyl sites for hydroxylation is 1. The van der Waals surface area contributed by atoms with Crippen molar-refractivity contribution in [2.45, 2.75) is 13.3 Å². The van der Waals surface area contributed by atoms with E-state index in [0.29, 0.717) is 11.6 Å². The number of benzene rings is 1. The van der Waals surface area contributed by atoms with E-state index in [-0.39, 0.29) is 0 Å². The lowest BCUT2D eigenvalue weighted by Crippen LogP contribution is -1.90. The first kappa shape index (κ1) is 9.95. The summed E-state index contributed by atoms with van der Waals surface area (Å²) in [4.78, 5) is 4.31. The number of hydrogen-bond donors (Lipinski definition) is 0. The molecule has 0 saturated heterocycles. The lowest BCUT2D eigenvalue weighted by atomic mass is 10.1. The second-order valence-corrected chi connectivity index (χ2v) is 3.78. The summed E-state index contributed by atoms with van der Waals surface area (Å²) in [6.45, 7) is 2.00. The van der Waals surface area contributed by atoms with Gasteiger partial charge in [0, 0.05) is 10.9 Å². The number of nitrogens with zero attached hydrogens (tertiary/aromatic N) is 2. The minimum Gasteiger partial charge on any atom is -0.235 e. The normalized spacial score (nSPS) is 10.2. The second-order valence-electron chi connectivity index (χ2n) is 3.42. The fourth-order valence-corrected chi connectivity index (χ4v) is 1.78. The van der Waals surface area contributed by atoms with Crippen LogP contribution in [0.25, 0.3) is 10.9 Å². The number of para-hydroxylation sites is 1. The van der Waals surface area contributed by atoms with E-state index in [1.807, 2.05) is 31.2 Å². The highest BCUT2D eigenvalue weighted by atomic mass is 35.5. The highest BCUT2D eigenvalue weighted by Crippen LogP contribution is 2.22. The summed E-state index contributed by atoms with van der Waals surface area (Å²) in [5, 5.41) is 10.1. The maximum Gasteiger partial charge on any atom is 0.134 e. The standard InChI is InChI=1S/C12H9ClN2/c1-8-3-2-4-9-7-10(5-6-14)12(13)15-11(8)9/h2-4,7H,5H2,1H3. The molecule has 0 aliphatic rings. The van der Waals surface area contributed by atoms with Gasteiger partial charge in [0.05, 0.1) is 18.0 Å². The van der Waals surface area contributed by atoms with Gasteiger partial charge in [0.1, 0.15) is 5.15 Å². The average Bonchev–Trinajstić information content (AvgIpc) is 2.21.